The molecule has 0 aliphatic carbocycles. The maximum Gasteiger partial charge on any atom is 0.443 e. The maximum absolute atomic E-state index is 12.0. The van der Waals surface area contributed by atoms with Gasteiger partial charge in [0.15, 0.2) is 5.01 Å². The summed E-state index contributed by atoms with van der Waals surface area (Å²) in [5, 5.41) is 9.00. The summed E-state index contributed by atoms with van der Waals surface area (Å²) in [7, 11) is 0. The SMILES string of the molecule is NC(O)Cc1csc(C(F)(F)F)n1. The summed E-state index contributed by atoms with van der Waals surface area (Å²) in [4.78, 5) is 3.28. The van der Waals surface area contributed by atoms with Crippen LogP contribution >= 0.6 is 11.3 Å². The first-order chi connectivity index (χ1) is 5.89. The minimum absolute atomic E-state index is 0.0629. The summed E-state index contributed by atoms with van der Waals surface area (Å²) < 4.78 is 36.0. The molecule has 0 aliphatic rings. The predicted molar refractivity (Wildman–Crippen MR) is 41.0 cm³/mol. The van der Waals surface area contributed by atoms with Crippen LogP contribution in [-0.4, -0.2) is 16.3 Å². The van der Waals surface area contributed by atoms with Gasteiger partial charge in [-0.1, -0.05) is 0 Å². The zero-order chi connectivity index (χ0) is 10.1. The molecule has 0 aliphatic heterocycles. The molecule has 0 saturated heterocycles. The summed E-state index contributed by atoms with van der Waals surface area (Å²) in [6.07, 6.45) is -5.64. The minimum atomic E-state index is -4.41. The van der Waals surface area contributed by atoms with Crippen molar-refractivity contribution in [3.8, 4) is 0 Å². The van der Waals surface area contributed by atoms with E-state index in [1.54, 1.807) is 0 Å². The predicted octanol–water partition coefficient (Wildman–Crippen LogP) is 0.982. The standard InChI is InChI=1S/C6H7F3N2OS/c7-6(8,9)5-11-3(2-13-5)1-4(10)12/h2,4,12H,1,10H2. The van der Waals surface area contributed by atoms with Crippen LogP contribution in [0.1, 0.15) is 10.7 Å². The van der Waals surface area contributed by atoms with Gasteiger partial charge in [-0.3, -0.25) is 0 Å². The third kappa shape index (κ3) is 2.94. The number of alkyl halides is 3. The van der Waals surface area contributed by atoms with Crippen molar-refractivity contribution in [1.82, 2.24) is 4.98 Å². The van der Waals surface area contributed by atoms with Gasteiger partial charge in [0.1, 0.15) is 6.23 Å². The van der Waals surface area contributed by atoms with Crippen LogP contribution in [0.5, 0.6) is 0 Å². The fourth-order valence-electron chi connectivity index (χ4n) is 0.745. The fraction of sp³-hybridized carbons (Fsp3) is 0.500. The molecular formula is C6H7F3N2OS. The van der Waals surface area contributed by atoms with E-state index in [1.165, 1.54) is 5.38 Å². The molecule has 7 heteroatoms. The molecule has 1 rings (SSSR count). The molecule has 3 nitrogen and oxygen atoms in total. The highest BCUT2D eigenvalue weighted by Crippen LogP contribution is 2.31. The normalized spacial score (nSPS) is 14.5. The van der Waals surface area contributed by atoms with Gasteiger partial charge in [0, 0.05) is 11.8 Å². The number of thiazole rings is 1. The van der Waals surface area contributed by atoms with Crippen molar-refractivity contribution in [3.63, 3.8) is 0 Å². The molecule has 0 fully saturated rings. The Morgan fingerprint density at radius 3 is 2.62 bits per heavy atom. The van der Waals surface area contributed by atoms with E-state index >= 15 is 0 Å². The number of hydrogen-bond acceptors (Lipinski definition) is 4. The molecule has 0 spiro atoms. The lowest BCUT2D eigenvalue weighted by atomic mass is 10.3. The van der Waals surface area contributed by atoms with E-state index in [-0.39, 0.29) is 12.1 Å². The van der Waals surface area contributed by atoms with Gasteiger partial charge in [-0.25, -0.2) is 4.98 Å². The fourth-order valence-corrected chi connectivity index (χ4v) is 1.45. The van der Waals surface area contributed by atoms with E-state index in [2.05, 4.69) is 4.98 Å². The van der Waals surface area contributed by atoms with Crippen LogP contribution < -0.4 is 5.73 Å². The van der Waals surface area contributed by atoms with Crippen LogP contribution in [0.15, 0.2) is 5.38 Å². The number of nitrogens with zero attached hydrogens (tertiary/aromatic N) is 1. The van der Waals surface area contributed by atoms with Crippen LogP contribution in [-0.2, 0) is 12.6 Å². The average molecular weight is 212 g/mol. The molecule has 1 aromatic heterocycles. The molecular weight excluding hydrogens is 205 g/mol. The van der Waals surface area contributed by atoms with Crippen molar-refractivity contribution in [2.24, 2.45) is 5.73 Å². The molecule has 3 N–H and O–H groups in total. The largest absolute Gasteiger partial charge is 0.443 e. The molecule has 1 heterocycles. The quantitative estimate of drug-likeness (QED) is 0.718. The highest BCUT2D eigenvalue weighted by atomic mass is 32.1. The first kappa shape index (κ1) is 10.4. The van der Waals surface area contributed by atoms with Crippen LogP contribution in [0, 0.1) is 0 Å². The number of rotatable bonds is 2. The average Bonchev–Trinajstić information content (AvgIpc) is 2.32. The molecule has 0 radical (unpaired) electrons. The van der Waals surface area contributed by atoms with Gasteiger partial charge in [0.2, 0.25) is 0 Å². The highest BCUT2D eigenvalue weighted by molar-refractivity contribution is 7.09. The zero-order valence-electron chi connectivity index (χ0n) is 6.38. The van der Waals surface area contributed by atoms with E-state index in [9.17, 15) is 13.2 Å². The molecule has 13 heavy (non-hydrogen) atoms. The van der Waals surface area contributed by atoms with Gasteiger partial charge < -0.3 is 10.8 Å². The summed E-state index contributed by atoms with van der Waals surface area (Å²) >= 11 is 0.496. The Balaban J connectivity index is 2.75. The summed E-state index contributed by atoms with van der Waals surface area (Å²) in [5.41, 5.74) is 5.14. The van der Waals surface area contributed by atoms with Gasteiger partial charge in [0.25, 0.3) is 0 Å². The lowest BCUT2D eigenvalue weighted by Gasteiger charge is -2.01. The van der Waals surface area contributed by atoms with Crippen molar-refractivity contribution in [2.75, 3.05) is 0 Å². The Bertz CT molecular complexity index is 284. The molecule has 0 aromatic carbocycles. The van der Waals surface area contributed by atoms with Gasteiger partial charge in [-0.2, -0.15) is 13.2 Å². The highest BCUT2D eigenvalue weighted by Gasteiger charge is 2.34. The van der Waals surface area contributed by atoms with Crippen molar-refractivity contribution >= 4 is 11.3 Å². The van der Waals surface area contributed by atoms with Crippen molar-refractivity contribution in [1.29, 1.82) is 0 Å². The Morgan fingerprint density at radius 2 is 2.23 bits per heavy atom. The van der Waals surface area contributed by atoms with Gasteiger partial charge >= 0.3 is 6.18 Å². The molecule has 1 aromatic rings. The topological polar surface area (TPSA) is 59.1 Å². The number of aliphatic hydroxyl groups is 1. The number of aliphatic hydroxyl groups excluding tert-OH is 1. The van der Waals surface area contributed by atoms with Crippen LogP contribution in [0.4, 0.5) is 13.2 Å². The molecule has 0 bridgehead atoms. The second kappa shape index (κ2) is 3.60. The number of halogens is 3. The molecule has 1 unspecified atom stereocenters. The Kier molecular flexibility index (Phi) is 2.89. The van der Waals surface area contributed by atoms with Crippen molar-refractivity contribution < 1.29 is 18.3 Å². The van der Waals surface area contributed by atoms with Gasteiger partial charge in [-0.15, -0.1) is 11.3 Å². The third-order valence-corrected chi connectivity index (χ3v) is 2.15. The molecule has 0 saturated carbocycles. The van der Waals surface area contributed by atoms with Gasteiger partial charge in [0.05, 0.1) is 5.69 Å². The summed E-state index contributed by atoms with van der Waals surface area (Å²) in [6.45, 7) is 0. The second-order valence-electron chi connectivity index (χ2n) is 2.41. The number of hydrogen-bond donors (Lipinski definition) is 2. The maximum atomic E-state index is 12.0. The van der Waals surface area contributed by atoms with E-state index in [1.807, 2.05) is 0 Å². The third-order valence-electron chi connectivity index (χ3n) is 1.21. The van der Waals surface area contributed by atoms with Crippen LogP contribution in [0.2, 0.25) is 0 Å². The van der Waals surface area contributed by atoms with Crippen molar-refractivity contribution in [3.05, 3.63) is 16.1 Å². The summed E-state index contributed by atoms with van der Waals surface area (Å²) in [5.74, 6) is 0. The van der Waals surface area contributed by atoms with E-state index in [0.717, 1.165) is 0 Å². The molecule has 74 valence electrons. The monoisotopic (exact) mass is 212 g/mol. The summed E-state index contributed by atoms with van der Waals surface area (Å²) in [6, 6.07) is 0. The van der Waals surface area contributed by atoms with E-state index < -0.39 is 17.4 Å². The van der Waals surface area contributed by atoms with E-state index in [0.29, 0.717) is 11.3 Å². The lowest BCUT2D eigenvalue weighted by Crippen LogP contribution is -2.21. The number of nitrogens with two attached hydrogens (primary N) is 1. The number of aromatic nitrogens is 1. The Morgan fingerprint density at radius 1 is 1.62 bits per heavy atom. The first-order valence-corrected chi connectivity index (χ1v) is 4.23. The van der Waals surface area contributed by atoms with Crippen LogP contribution in [0.3, 0.4) is 0 Å². The first-order valence-electron chi connectivity index (χ1n) is 3.35. The second-order valence-corrected chi connectivity index (χ2v) is 3.27. The zero-order valence-corrected chi connectivity index (χ0v) is 7.19. The van der Waals surface area contributed by atoms with E-state index in [4.69, 9.17) is 10.8 Å². The molecule has 0 amide bonds. The Hall–Kier alpha value is -0.660. The van der Waals surface area contributed by atoms with Gasteiger partial charge in [-0.05, 0) is 0 Å². The minimum Gasteiger partial charge on any atom is -0.378 e. The van der Waals surface area contributed by atoms with Crippen LogP contribution in [0.25, 0.3) is 0 Å². The Labute approximate surface area is 76.0 Å². The molecule has 1 atom stereocenters. The van der Waals surface area contributed by atoms with Crippen molar-refractivity contribution in [2.45, 2.75) is 18.8 Å². The smallest absolute Gasteiger partial charge is 0.378 e. The lowest BCUT2D eigenvalue weighted by molar-refractivity contribution is -0.137.